The van der Waals surface area contributed by atoms with Crippen molar-refractivity contribution in [3.05, 3.63) is 82.5 Å². The van der Waals surface area contributed by atoms with Crippen LogP contribution in [0.15, 0.2) is 70.8 Å². The molecule has 0 bridgehead atoms. The zero-order chi connectivity index (χ0) is 23.4. The summed E-state index contributed by atoms with van der Waals surface area (Å²) in [6.45, 7) is 2.10. The first-order valence-electron chi connectivity index (χ1n) is 10.2. The van der Waals surface area contributed by atoms with Crippen LogP contribution < -0.4 is 5.32 Å². The Morgan fingerprint density at radius 3 is 2.61 bits per heavy atom. The molecule has 1 aliphatic heterocycles. The molecule has 4 rings (SSSR count). The number of aromatic carboxylic acids is 1. The van der Waals surface area contributed by atoms with Crippen molar-refractivity contribution in [3.8, 4) is 0 Å². The molecular weight excluding hydrogens is 438 g/mol. The van der Waals surface area contributed by atoms with Gasteiger partial charge in [0.1, 0.15) is 11.6 Å². The van der Waals surface area contributed by atoms with Crippen LogP contribution in [0.5, 0.6) is 0 Å². The lowest BCUT2D eigenvalue weighted by Gasteiger charge is -2.07. The van der Waals surface area contributed by atoms with Gasteiger partial charge >= 0.3 is 5.97 Å². The van der Waals surface area contributed by atoms with E-state index in [4.69, 9.17) is 5.11 Å². The van der Waals surface area contributed by atoms with Crippen LogP contribution in [-0.2, 0) is 11.2 Å². The molecule has 0 radical (unpaired) electrons. The van der Waals surface area contributed by atoms with Gasteiger partial charge in [0.15, 0.2) is 5.17 Å². The molecule has 0 atom stereocenters. The number of carbonyl (C=O) groups excluding carboxylic acids is 1. The molecule has 0 aliphatic carbocycles. The van der Waals surface area contributed by atoms with Crippen molar-refractivity contribution in [2.24, 2.45) is 4.99 Å². The fraction of sp³-hybridized carbons (Fsp3) is 0.125. The number of nitrogens with zero attached hydrogens (tertiary/aromatic N) is 4. The molecular formula is C24H21N5O3S. The number of aryl methyl sites for hydroxylation is 1. The fourth-order valence-corrected chi connectivity index (χ4v) is 4.04. The Morgan fingerprint density at radius 2 is 1.94 bits per heavy atom. The SMILES string of the molecule is CCc1ccc(/N=C2\S/C(=C\c3ccnc(Nc4ccc(C(=O)O)cn4)c3)C(=O)N2C)cc1. The van der Waals surface area contributed by atoms with Crippen molar-refractivity contribution < 1.29 is 14.7 Å². The van der Waals surface area contributed by atoms with E-state index in [0.717, 1.165) is 17.7 Å². The van der Waals surface area contributed by atoms with Crippen LogP contribution in [-0.4, -0.2) is 44.1 Å². The van der Waals surface area contributed by atoms with E-state index in [-0.39, 0.29) is 11.5 Å². The molecule has 33 heavy (non-hydrogen) atoms. The van der Waals surface area contributed by atoms with Crippen LogP contribution in [0.2, 0.25) is 0 Å². The summed E-state index contributed by atoms with van der Waals surface area (Å²) in [5, 5.41) is 12.6. The number of carboxylic acid groups (broad SMARTS) is 1. The lowest BCUT2D eigenvalue weighted by molar-refractivity contribution is -0.121. The number of rotatable bonds is 6. The first kappa shape index (κ1) is 22.2. The molecule has 1 saturated heterocycles. The minimum Gasteiger partial charge on any atom is -0.478 e. The van der Waals surface area contributed by atoms with Gasteiger partial charge < -0.3 is 10.4 Å². The Hall–Kier alpha value is -3.98. The van der Waals surface area contributed by atoms with Gasteiger partial charge in [-0.25, -0.2) is 19.8 Å². The molecule has 2 aromatic heterocycles. The second kappa shape index (κ2) is 9.66. The van der Waals surface area contributed by atoms with Gasteiger partial charge in [-0.15, -0.1) is 0 Å². The third-order valence-electron chi connectivity index (χ3n) is 4.92. The van der Waals surface area contributed by atoms with Crippen LogP contribution in [0, 0.1) is 0 Å². The molecule has 1 aromatic carbocycles. The van der Waals surface area contributed by atoms with Gasteiger partial charge in [0.2, 0.25) is 0 Å². The maximum Gasteiger partial charge on any atom is 0.337 e. The number of thioether (sulfide) groups is 1. The highest BCUT2D eigenvalue weighted by molar-refractivity contribution is 8.18. The summed E-state index contributed by atoms with van der Waals surface area (Å²) in [6.07, 6.45) is 5.65. The zero-order valence-corrected chi connectivity index (χ0v) is 18.8. The number of amidine groups is 1. The Labute approximate surface area is 195 Å². The van der Waals surface area contributed by atoms with Gasteiger partial charge in [0, 0.05) is 19.4 Å². The number of hydrogen-bond donors (Lipinski definition) is 2. The zero-order valence-electron chi connectivity index (χ0n) is 18.0. The Kier molecular flexibility index (Phi) is 6.50. The van der Waals surface area contributed by atoms with E-state index < -0.39 is 5.97 Å². The van der Waals surface area contributed by atoms with E-state index in [1.165, 1.54) is 29.6 Å². The summed E-state index contributed by atoms with van der Waals surface area (Å²) in [4.78, 5) is 38.8. The molecule has 166 valence electrons. The van der Waals surface area contributed by atoms with Crippen molar-refractivity contribution in [2.45, 2.75) is 13.3 Å². The predicted molar refractivity (Wildman–Crippen MR) is 130 cm³/mol. The highest BCUT2D eigenvalue weighted by Gasteiger charge is 2.30. The molecule has 0 unspecified atom stereocenters. The topological polar surface area (TPSA) is 108 Å². The van der Waals surface area contributed by atoms with E-state index >= 15 is 0 Å². The van der Waals surface area contributed by atoms with E-state index in [1.807, 2.05) is 24.3 Å². The first-order valence-corrected chi connectivity index (χ1v) is 11.0. The van der Waals surface area contributed by atoms with Crippen molar-refractivity contribution in [1.82, 2.24) is 14.9 Å². The first-order chi connectivity index (χ1) is 15.9. The second-order valence-electron chi connectivity index (χ2n) is 7.23. The van der Waals surface area contributed by atoms with Crippen LogP contribution in [0.25, 0.3) is 6.08 Å². The molecule has 2 N–H and O–H groups in total. The normalized spacial score (nSPS) is 15.9. The highest BCUT2D eigenvalue weighted by atomic mass is 32.2. The number of pyridine rings is 2. The highest BCUT2D eigenvalue weighted by Crippen LogP contribution is 2.33. The van der Waals surface area contributed by atoms with Crippen LogP contribution in [0.1, 0.15) is 28.4 Å². The quantitative estimate of drug-likeness (QED) is 0.514. The Balaban J connectivity index is 1.51. The van der Waals surface area contributed by atoms with Crippen molar-refractivity contribution >= 4 is 52.2 Å². The molecule has 3 aromatic rings. The van der Waals surface area contributed by atoms with Gasteiger partial charge in [0.25, 0.3) is 5.91 Å². The number of nitrogens with one attached hydrogen (secondary N) is 1. The number of carbonyl (C=O) groups is 2. The van der Waals surface area contributed by atoms with Crippen molar-refractivity contribution in [3.63, 3.8) is 0 Å². The molecule has 1 amide bonds. The fourth-order valence-electron chi connectivity index (χ4n) is 3.05. The van der Waals surface area contributed by atoms with Crippen LogP contribution in [0.3, 0.4) is 0 Å². The third-order valence-corrected chi connectivity index (χ3v) is 5.98. The minimum atomic E-state index is -1.04. The number of benzene rings is 1. The molecule has 8 nitrogen and oxygen atoms in total. The van der Waals surface area contributed by atoms with E-state index in [9.17, 15) is 9.59 Å². The summed E-state index contributed by atoms with van der Waals surface area (Å²) in [7, 11) is 1.71. The standard InChI is InChI=1S/C24H21N5O3S/c1-3-15-4-7-18(8-5-15)27-24-29(2)22(30)19(33-24)12-16-10-11-25-21(13-16)28-20-9-6-17(14-26-20)23(31)32/h4-14H,3H2,1-2H3,(H,31,32)(H,25,26,28)/b19-12-,27-24-. The summed E-state index contributed by atoms with van der Waals surface area (Å²) in [5.74, 6) is -0.174. The number of aromatic nitrogens is 2. The molecule has 9 heteroatoms. The summed E-state index contributed by atoms with van der Waals surface area (Å²) < 4.78 is 0. The Bertz CT molecular complexity index is 1250. The van der Waals surface area contributed by atoms with Gasteiger partial charge in [-0.2, -0.15) is 0 Å². The van der Waals surface area contributed by atoms with Crippen molar-refractivity contribution in [2.75, 3.05) is 12.4 Å². The molecule has 3 heterocycles. The predicted octanol–water partition coefficient (Wildman–Crippen LogP) is 4.71. The van der Waals surface area contributed by atoms with E-state index in [1.54, 1.807) is 42.4 Å². The summed E-state index contributed by atoms with van der Waals surface area (Å²) >= 11 is 1.32. The molecule has 1 aliphatic rings. The van der Waals surface area contributed by atoms with E-state index in [2.05, 4.69) is 27.2 Å². The van der Waals surface area contributed by atoms with Crippen LogP contribution >= 0.6 is 11.8 Å². The third kappa shape index (κ3) is 5.27. The lowest BCUT2D eigenvalue weighted by Crippen LogP contribution is -2.23. The monoisotopic (exact) mass is 459 g/mol. The maximum atomic E-state index is 12.7. The molecule has 0 spiro atoms. The van der Waals surface area contributed by atoms with Gasteiger partial charge in [-0.05, 0) is 71.8 Å². The van der Waals surface area contributed by atoms with Crippen molar-refractivity contribution in [1.29, 1.82) is 0 Å². The number of aliphatic imine (C=N–C) groups is 1. The summed E-state index contributed by atoms with van der Waals surface area (Å²) in [5.41, 5.74) is 2.92. The van der Waals surface area contributed by atoms with Gasteiger partial charge in [-0.3, -0.25) is 9.69 Å². The average Bonchev–Trinajstić information content (AvgIpc) is 3.08. The van der Waals surface area contributed by atoms with Gasteiger partial charge in [0.05, 0.1) is 16.2 Å². The largest absolute Gasteiger partial charge is 0.478 e. The van der Waals surface area contributed by atoms with Crippen LogP contribution in [0.4, 0.5) is 17.3 Å². The number of anilines is 2. The van der Waals surface area contributed by atoms with Gasteiger partial charge in [-0.1, -0.05) is 19.1 Å². The Morgan fingerprint density at radius 1 is 1.15 bits per heavy atom. The number of amides is 1. The summed E-state index contributed by atoms with van der Waals surface area (Å²) in [6, 6.07) is 14.6. The smallest absolute Gasteiger partial charge is 0.337 e. The maximum absolute atomic E-state index is 12.7. The minimum absolute atomic E-state index is 0.103. The van der Waals surface area contributed by atoms with E-state index in [0.29, 0.717) is 21.7 Å². The second-order valence-corrected chi connectivity index (χ2v) is 8.23. The lowest BCUT2D eigenvalue weighted by atomic mass is 10.2. The number of likely N-dealkylation sites (N-methyl/N-ethyl adjacent to an activating group) is 1. The molecule has 0 saturated carbocycles. The number of carboxylic acids is 1. The molecule has 1 fully saturated rings. The number of hydrogen-bond acceptors (Lipinski definition) is 7. The average molecular weight is 460 g/mol.